The van der Waals surface area contributed by atoms with Gasteiger partial charge in [0.15, 0.2) is 0 Å². The van der Waals surface area contributed by atoms with E-state index in [1.165, 1.54) is 0 Å². The molecule has 24 heavy (non-hydrogen) atoms. The van der Waals surface area contributed by atoms with Gasteiger partial charge in [0.05, 0.1) is 12.5 Å². The van der Waals surface area contributed by atoms with Crippen LogP contribution in [0.5, 0.6) is 0 Å². The summed E-state index contributed by atoms with van der Waals surface area (Å²) < 4.78 is 5.17. The van der Waals surface area contributed by atoms with Crippen molar-refractivity contribution in [3.8, 4) is 0 Å². The summed E-state index contributed by atoms with van der Waals surface area (Å²) in [5, 5.41) is 6.31. The van der Waals surface area contributed by atoms with Crippen LogP contribution in [0.25, 0.3) is 0 Å². The molecule has 1 unspecified atom stereocenters. The summed E-state index contributed by atoms with van der Waals surface area (Å²) >= 11 is 0. The number of amides is 1. The summed E-state index contributed by atoms with van der Waals surface area (Å²) in [6, 6.07) is 10.2. The lowest BCUT2D eigenvalue weighted by atomic mass is 9.92. The summed E-state index contributed by atoms with van der Waals surface area (Å²) in [4.78, 5) is 24.6. The van der Waals surface area contributed by atoms with Gasteiger partial charge in [-0.3, -0.25) is 9.59 Å². The Hall–Kier alpha value is -1.88. The van der Waals surface area contributed by atoms with Crippen LogP contribution in [0.2, 0.25) is 0 Å². The van der Waals surface area contributed by atoms with Gasteiger partial charge < -0.3 is 15.4 Å². The summed E-state index contributed by atoms with van der Waals surface area (Å²) in [5.41, 5.74) is 1.07. The highest BCUT2D eigenvalue weighted by Crippen LogP contribution is 2.17. The Morgan fingerprint density at radius 2 is 2.08 bits per heavy atom. The first kappa shape index (κ1) is 18.5. The summed E-state index contributed by atoms with van der Waals surface area (Å²) in [5.74, 6) is -0.526. The lowest BCUT2D eigenvalue weighted by molar-refractivity contribution is -0.148. The highest BCUT2D eigenvalue weighted by atomic mass is 16.5. The lowest BCUT2D eigenvalue weighted by Gasteiger charge is -2.27. The first-order chi connectivity index (χ1) is 11.6. The van der Waals surface area contributed by atoms with Crippen LogP contribution in [0.15, 0.2) is 30.3 Å². The van der Waals surface area contributed by atoms with Crippen LogP contribution in [0, 0.1) is 11.8 Å². The molecule has 5 heteroatoms. The van der Waals surface area contributed by atoms with Gasteiger partial charge in [0.1, 0.15) is 0 Å². The first-order valence-electron chi connectivity index (χ1n) is 8.81. The van der Waals surface area contributed by atoms with Crippen molar-refractivity contribution in [1.29, 1.82) is 0 Å². The van der Waals surface area contributed by atoms with Crippen LogP contribution in [0.3, 0.4) is 0 Å². The van der Waals surface area contributed by atoms with Gasteiger partial charge in [0.25, 0.3) is 0 Å². The second kappa shape index (κ2) is 9.42. The van der Waals surface area contributed by atoms with Crippen molar-refractivity contribution in [3.05, 3.63) is 35.9 Å². The minimum absolute atomic E-state index is 0.0285. The maximum atomic E-state index is 12.4. The minimum atomic E-state index is -0.351. The van der Waals surface area contributed by atoms with Crippen molar-refractivity contribution < 1.29 is 14.3 Å². The second-order valence-corrected chi connectivity index (χ2v) is 6.46. The van der Waals surface area contributed by atoms with E-state index in [2.05, 4.69) is 17.6 Å². The lowest BCUT2D eigenvalue weighted by Crippen LogP contribution is -2.44. The second-order valence-electron chi connectivity index (χ2n) is 6.46. The molecular weight excluding hydrogens is 304 g/mol. The van der Waals surface area contributed by atoms with Gasteiger partial charge in [-0.05, 0) is 45.2 Å². The third-order valence-electron chi connectivity index (χ3n) is 4.46. The largest absolute Gasteiger partial charge is 0.466 e. The Kier molecular flexibility index (Phi) is 7.25. The number of carbonyl (C=O) groups is 2. The molecule has 1 aromatic rings. The van der Waals surface area contributed by atoms with Crippen molar-refractivity contribution in [2.75, 3.05) is 19.7 Å². The summed E-state index contributed by atoms with van der Waals surface area (Å²) in [7, 11) is 0. The van der Waals surface area contributed by atoms with E-state index >= 15 is 0 Å². The van der Waals surface area contributed by atoms with Crippen LogP contribution < -0.4 is 10.6 Å². The van der Waals surface area contributed by atoms with E-state index in [0.717, 1.165) is 24.9 Å². The van der Waals surface area contributed by atoms with Gasteiger partial charge in [-0.15, -0.1) is 0 Å². The minimum Gasteiger partial charge on any atom is -0.466 e. The molecule has 1 amide bonds. The number of hydrogen-bond donors (Lipinski definition) is 2. The fourth-order valence-electron chi connectivity index (χ4n) is 3.14. The topological polar surface area (TPSA) is 67.4 Å². The van der Waals surface area contributed by atoms with Crippen LogP contribution in [0.1, 0.15) is 32.3 Å². The Morgan fingerprint density at radius 3 is 2.75 bits per heavy atom. The van der Waals surface area contributed by atoms with Gasteiger partial charge in [-0.2, -0.15) is 0 Å². The molecule has 0 aliphatic carbocycles. The number of carbonyl (C=O) groups excluding carboxylic acids is 2. The highest BCUT2D eigenvalue weighted by Gasteiger charge is 2.27. The smallest absolute Gasteiger partial charge is 0.311 e. The molecule has 2 rings (SSSR count). The average molecular weight is 332 g/mol. The molecule has 1 saturated heterocycles. The van der Waals surface area contributed by atoms with Crippen molar-refractivity contribution >= 4 is 11.9 Å². The van der Waals surface area contributed by atoms with E-state index in [9.17, 15) is 9.59 Å². The van der Waals surface area contributed by atoms with Crippen molar-refractivity contribution in [2.24, 2.45) is 11.8 Å². The molecule has 132 valence electrons. The molecule has 2 N–H and O–H groups in total. The van der Waals surface area contributed by atoms with Gasteiger partial charge in [-0.1, -0.05) is 30.3 Å². The van der Waals surface area contributed by atoms with E-state index in [-0.39, 0.29) is 23.7 Å². The maximum Gasteiger partial charge on any atom is 0.311 e. The zero-order valence-corrected chi connectivity index (χ0v) is 14.6. The molecule has 1 aliphatic heterocycles. The SMILES string of the molecule is CCOC(=O)C(CNC(=O)[C@H]1CCN[C@@H](C)C1)Cc1ccccc1. The zero-order valence-electron chi connectivity index (χ0n) is 14.6. The Morgan fingerprint density at radius 1 is 1.33 bits per heavy atom. The van der Waals surface area contributed by atoms with Crippen molar-refractivity contribution in [2.45, 2.75) is 39.2 Å². The zero-order chi connectivity index (χ0) is 17.4. The number of esters is 1. The molecule has 0 aromatic heterocycles. The molecule has 3 atom stereocenters. The predicted molar refractivity (Wildman–Crippen MR) is 93.5 cm³/mol. The van der Waals surface area contributed by atoms with Crippen molar-refractivity contribution in [3.63, 3.8) is 0 Å². The number of benzene rings is 1. The number of rotatable bonds is 7. The molecule has 0 saturated carbocycles. The fraction of sp³-hybridized carbons (Fsp3) is 0.579. The number of ether oxygens (including phenoxy) is 1. The molecule has 1 fully saturated rings. The molecule has 1 aliphatic rings. The quantitative estimate of drug-likeness (QED) is 0.749. The molecule has 5 nitrogen and oxygen atoms in total. The molecule has 0 bridgehead atoms. The molecule has 1 aromatic carbocycles. The molecular formula is C19H28N2O3. The predicted octanol–water partition coefficient (Wildman–Crippen LogP) is 1.91. The maximum absolute atomic E-state index is 12.4. The third kappa shape index (κ3) is 5.64. The highest BCUT2D eigenvalue weighted by molar-refractivity contribution is 5.80. The van der Waals surface area contributed by atoms with Crippen LogP contribution in [0.4, 0.5) is 0 Å². The Bertz CT molecular complexity index is 533. The van der Waals surface area contributed by atoms with Crippen LogP contribution >= 0.6 is 0 Å². The monoisotopic (exact) mass is 332 g/mol. The number of hydrogen-bond acceptors (Lipinski definition) is 4. The van der Waals surface area contributed by atoms with E-state index < -0.39 is 0 Å². The van der Waals surface area contributed by atoms with E-state index in [1.54, 1.807) is 6.92 Å². The Balaban J connectivity index is 1.92. The van der Waals surface area contributed by atoms with Crippen molar-refractivity contribution in [1.82, 2.24) is 10.6 Å². The summed E-state index contributed by atoms with van der Waals surface area (Å²) in [6.07, 6.45) is 2.26. The molecule has 1 heterocycles. The van der Waals surface area contributed by atoms with E-state index in [1.807, 2.05) is 30.3 Å². The van der Waals surface area contributed by atoms with Gasteiger partial charge in [-0.25, -0.2) is 0 Å². The normalized spacial score (nSPS) is 21.8. The average Bonchev–Trinajstić information content (AvgIpc) is 2.59. The van der Waals surface area contributed by atoms with Gasteiger partial charge >= 0.3 is 5.97 Å². The Labute approximate surface area is 144 Å². The number of nitrogens with one attached hydrogen (secondary N) is 2. The van der Waals surface area contributed by atoms with E-state index in [4.69, 9.17) is 4.74 Å². The molecule has 0 spiro atoms. The summed E-state index contributed by atoms with van der Waals surface area (Å²) in [6.45, 7) is 5.43. The van der Waals surface area contributed by atoms with Gasteiger partial charge in [0, 0.05) is 18.5 Å². The van der Waals surface area contributed by atoms with Gasteiger partial charge in [0.2, 0.25) is 5.91 Å². The van der Waals surface area contributed by atoms with E-state index in [0.29, 0.717) is 25.6 Å². The third-order valence-corrected chi connectivity index (χ3v) is 4.46. The first-order valence-corrected chi connectivity index (χ1v) is 8.81. The standard InChI is InChI=1S/C19H28N2O3/c1-3-24-19(23)17(12-15-7-5-4-6-8-15)13-21-18(22)16-9-10-20-14(2)11-16/h4-8,14,16-17,20H,3,9-13H2,1-2H3,(H,21,22)/t14-,16-,17?/m0/s1. The molecule has 0 radical (unpaired) electrons. The fourth-order valence-corrected chi connectivity index (χ4v) is 3.14. The van der Waals surface area contributed by atoms with Crippen LogP contribution in [-0.2, 0) is 20.7 Å². The number of piperidine rings is 1. The van der Waals surface area contributed by atoms with Crippen LogP contribution in [-0.4, -0.2) is 37.6 Å².